The summed E-state index contributed by atoms with van der Waals surface area (Å²) in [5, 5.41) is 7.31. The second kappa shape index (κ2) is 6.12. The third-order valence-corrected chi connectivity index (χ3v) is 5.31. The molecule has 114 valence electrons. The van der Waals surface area contributed by atoms with E-state index in [1.165, 1.54) is 30.1 Å². The molecule has 0 saturated carbocycles. The maximum absolute atomic E-state index is 5.00. The molecule has 1 unspecified atom stereocenters. The van der Waals surface area contributed by atoms with E-state index in [0.717, 1.165) is 19.5 Å². The average molecular weight is 295 g/mol. The summed E-state index contributed by atoms with van der Waals surface area (Å²) in [6.07, 6.45) is 3.60. The van der Waals surface area contributed by atoms with Gasteiger partial charge < -0.3 is 10.2 Å². The molecule has 20 heavy (non-hydrogen) atoms. The van der Waals surface area contributed by atoms with E-state index in [2.05, 4.69) is 50.3 Å². The van der Waals surface area contributed by atoms with Crippen molar-refractivity contribution in [3.8, 4) is 0 Å². The molecule has 1 aliphatic rings. The van der Waals surface area contributed by atoms with Crippen LogP contribution in [0, 0.1) is 0 Å². The highest BCUT2D eigenvalue weighted by molar-refractivity contribution is 7.09. The van der Waals surface area contributed by atoms with Crippen LogP contribution in [0.15, 0.2) is 5.38 Å². The van der Waals surface area contributed by atoms with Gasteiger partial charge in [0.2, 0.25) is 0 Å². The predicted octanol–water partition coefficient (Wildman–Crippen LogP) is 3.36. The van der Waals surface area contributed by atoms with Crippen LogP contribution in [0.25, 0.3) is 0 Å². The van der Waals surface area contributed by atoms with Gasteiger partial charge in [-0.2, -0.15) is 0 Å². The lowest BCUT2D eigenvalue weighted by molar-refractivity contribution is 0.283. The van der Waals surface area contributed by atoms with Crippen molar-refractivity contribution in [3.05, 3.63) is 16.1 Å². The lowest BCUT2D eigenvalue weighted by atomic mass is 9.90. The first-order valence-corrected chi connectivity index (χ1v) is 8.65. The van der Waals surface area contributed by atoms with Gasteiger partial charge >= 0.3 is 0 Å². The third kappa shape index (κ3) is 3.41. The molecule has 2 heterocycles. The number of aromatic nitrogens is 1. The quantitative estimate of drug-likeness (QED) is 0.927. The summed E-state index contributed by atoms with van der Waals surface area (Å²) in [7, 11) is 2.23. The number of nitrogens with one attached hydrogen (secondary N) is 1. The van der Waals surface area contributed by atoms with Gasteiger partial charge in [-0.1, -0.05) is 27.7 Å². The molecule has 3 nitrogen and oxygen atoms in total. The number of nitrogens with zero attached hydrogens (tertiary/aromatic N) is 2. The topological polar surface area (TPSA) is 28.2 Å². The van der Waals surface area contributed by atoms with Crippen LogP contribution < -0.4 is 5.32 Å². The predicted molar refractivity (Wildman–Crippen MR) is 87.5 cm³/mol. The first-order chi connectivity index (χ1) is 9.37. The number of hydrogen-bond acceptors (Lipinski definition) is 4. The Labute approximate surface area is 127 Å². The minimum Gasteiger partial charge on any atom is -0.306 e. The van der Waals surface area contributed by atoms with E-state index in [9.17, 15) is 0 Å². The van der Waals surface area contributed by atoms with Gasteiger partial charge in [0.05, 0.1) is 11.2 Å². The van der Waals surface area contributed by atoms with E-state index in [-0.39, 0.29) is 11.0 Å². The fourth-order valence-electron chi connectivity index (χ4n) is 2.91. The molecule has 1 aliphatic heterocycles. The van der Waals surface area contributed by atoms with Crippen LogP contribution in [0.2, 0.25) is 0 Å². The third-order valence-electron chi connectivity index (χ3n) is 4.26. The van der Waals surface area contributed by atoms with Crippen LogP contribution in [0.4, 0.5) is 0 Å². The summed E-state index contributed by atoms with van der Waals surface area (Å²) >= 11 is 1.84. The second-order valence-corrected chi connectivity index (χ2v) is 7.92. The Balaban J connectivity index is 2.30. The summed E-state index contributed by atoms with van der Waals surface area (Å²) in [4.78, 5) is 7.44. The SMILES string of the molecule is CCNC1(c2nc(C(C)(C)C)cs2)CCCN(C)CC1. The number of hydrogen-bond donors (Lipinski definition) is 1. The molecule has 0 amide bonds. The van der Waals surface area contributed by atoms with Crippen LogP contribution in [0.5, 0.6) is 0 Å². The largest absolute Gasteiger partial charge is 0.306 e. The zero-order chi connectivity index (χ0) is 14.8. The summed E-state index contributed by atoms with van der Waals surface area (Å²) in [6.45, 7) is 12.3. The van der Waals surface area contributed by atoms with E-state index in [0.29, 0.717) is 0 Å². The van der Waals surface area contributed by atoms with Gasteiger partial charge in [0.15, 0.2) is 0 Å². The molecule has 0 spiro atoms. The molecule has 2 rings (SSSR count). The molecule has 0 aliphatic carbocycles. The van der Waals surface area contributed by atoms with Crippen molar-refractivity contribution < 1.29 is 0 Å². The summed E-state index contributed by atoms with van der Waals surface area (Å²) in [5.41, 5.74) is 1.46. The fraction of sp³-hybridized carbons (Fsp3) is 0.812. The molecule has 1 aromatic rings. The molecule has 1 aromatic heterocycles. The highest BCUT2D eigenvalue weighted by Gasteiger charge is 2.36. The lowest BCUT2D eigenvalue weighted by Crippen LogP contribution is -2.43. The Morgan fingerprint density at radius 1 is 1.35 bits per heavy atom. The van der Waals surface area contributed by atoms with Crippen LogP contribution in [-0.4, -0.2) is 36.6 Å². The smallest absolute Gasteiger partial charge is 0.113 e. The number of rotatable bonds is 3. The molecule has 0 bridgehead atoms. The first-order valence-electron chi connectivity index (χ1n) is 7.77. The monoisotopic (exact) mass is 295 g/mol. The molecule has 0 radical (unpaired) electrons. The zero-order valence-electron chi connectivity index (χ0n) is 13.6. The molecule has 1 saturated heterocycles. The maximum atomic E-state index is 5.00. The summed E-state index contributed by atoms with van der Waals surface area (Å²) in [5.74, 6) is 0. The van der Waals surface area contributed by atoms with Crippen molar-refractivity contribution in [2.75, 3.05) is 26.7 Å². The average Bonchev–Trinajstić information content (AvgIpc) is 2.79. The molecule has 0 aromatic carbocycles. The van der Waals surface area contributed by atoms with Crippen molar-refractivity contribution in [2.45, 2.75) is 57.9 Å². The van der Waals surface area contributed by atoms with E-state index >= 15 is 0 Å². The van der Waals surface area contributed by atoms with Crippen LogP contribution in [0.3, 0.4) is 0 Å². The second-order valence-electron chi connectivity index (χ2n) is 7.06. The number of likely N-dealkylation sites (tertiary alicyclic amines) is 1. The van der Waals surface area contributed by atoms with Crippen molar-refractivity contribution in [3.63, 3.8) is 0 Å². The molecule has 1 fully saturated rings. The molecular formula is C16H29N3S. The first kappa shape index (κ1) is 15.9. The Bertz CT molecular complexity index is 435. The van der Waals surface area contributed by atoms with Crippen molar-refractivity contribution in [2.24, 2.45) is 0 Å². The van der Waals surface area contributed by atoms with Crippen molar-refractivity contribution in [1.29, 1.82) is 0 Å². The Kier molecular flexibility index (Phi) is 4.88. The summed E-state index contributed by atoms with van der Waals surface area (Å²) < 4.78 is 0. The van der Waals surface area contributed by atoms with Gasteiger partial charge in [0.1, 0.15) is 5.01 Å². The fourth-order valence-corrected chi connectivity index (χ4v) is 4.19. The highest BCUT2D eigenvalue weighted by atomic mass is 32.1. The summed E-state index contributed by atoms with van der Waals surface area (Å²) in [6, 6.07) is 0. The van der Waals surface area contributed by atoms with Gasteiger partial charge in [0.25, 0.3) is 0 Å². The van der Waals surface area contributed by atoms with Gasteiger partial charge in [-0.25, -0.2) is 4.98 Å². The van der Waals surface area contributed by atoms with Gasteiger partial charge in [-0.3, -0.25) is 0 Å². The molecule has 1 atom stereocenters. The Morgan fingerprint density at radius 3 is 2.70 bits per heavy atom. The Hall–Kier alpha value is -0.450. The highest BCUT2D eigenvalue weighted by Crippen LogP contribution is 2.36. The maximum Gasteiger partial charge on any atom is 0.113 e. The molecule has 1 N–H and O–H groups in total. The van der Waals surface area contributed by atoms with E-state index in [1.807, 2.05) is 11.3 Å². The minimum atomic E-state index is 0.0909. The molecular weight excluding hydrogens is 266 g/mol. The van der Waals surface area contributed by atoms with E-state index in [1.54, 1.807) is 0 Å². The normalized spacial score (nSPS) is 25.6. The van der Waals surface area contributed by atoms with Crippen LogP contribution >= 0.6 is 11.3 Å². The van der Waals surface area contributed by atoms with E-state index in [4.69, 9.17) is 4.98 Å². The van der Waals surface area contributed by atoms with E-state index < -0.39 is 0 Å². The van der Waals surface area contributed by atoms with Gasteiger partial charge in [-0.15, -0.1) is 11.3 Å². The van der Waals surface area contributed by atoms with Gasteiger partial charge in [0, 0.05) is 17.3 Å². The number of thiazole rings is 1. The lowest BCUT2D eigenvalue weighted by Gasteiger charge is -2.32. The van der Waals surface area contributed by atoms with Crippen LogP contribution in [0.1, 0.15) is 57.7 Å². The zero-order valence-corrected chi connectivity index (χ0v) is 14.4. The standard InChI is InChI=1S/C16H29N3S/c1-6-17-16(8-7-10-19(5)11-9-16)14-18-13(12-20-14)15(2,3)4/h12,17H,6-11H2,1-5H3. The van der Waals surface area contributed by atoms with Crippen LogP contribution in [-0.2, 0) is 11.0 Å². The van der Waals surface area contributed by atoms with Crippen molar-refractivity contribution >= 4 is 11.3 Å². The Morgan fingerprint density at radius 2 is 2.10 bits per heavy atom. The van der Waals surface area contributed by atoms with Crippen molar-refractivity contribution in [1.82, 2.24) is 15.2 Å². The van der Waals surface area contributed by atoms with Gasteiger partial charge in [-0.05, 0) is 39.4 Å². The molecule has 4 heteroatoms. The minimum absolute atomic E-state index is 0.0909.